The van der Waals surface area contributed by atoms with Gasteiger partial charge in [-0.2, -0.15) is 0 Å². The van der Waals surface area contributed by atoms with Crippen molar-refractivity contribution in [2.24, 2.45) is 0 Å². The first-order valence-corrected chi connectivity index (χ1v) is 6.12. The minimum absolute atomic E-state index is 0.539. The van der Waals surface area contributed by atoms with Crippen LogP contribution in [0.25, 0.3) is 0 Å². The van der Waals surface area contributed by atoms with Crippen molar-refractivity contribution in [3.05, 3.63) is 35.4 Å². The molecule has 0 aromatic heterocycles. The van der Waals surface area contributed by atoms with E-state index in [0.29, 0.717) is 6.04 Å². The van der Waals surface area contributed by atoms with Crippen molar-refractivity contribution >= 4 is 0 Å². The van der Waals surface area contributed by atoms with E-state index in [1.54, 1.807) is 0 Å². The fourth-order valence-corrected chi connectivity index (χ4v) is 1.60. The van der Waals surface area contributed by atoms with E-state index >= 15 is 0 Å². The quantitative estimate of drug-likeness (QED) is 0.793. The molecule has 1 aromatic rings. The van der Waals surface area contributed by atoms with Gasteiger partial charge in [0, 0.05) is 19.1 Å². The average Bonchev–Trinajstić information content (AvgIpc) is 2.27. The van der Waals surface area contributed by atoms with Gasteiger partial charge in [-0.25, -0.2) is 0 Å². The third kappa shape index (κ3) is 4.33. The zero-order valence-corrected chi connectivity index (χ0v) is 11.0. The Hall–Kier alpha value is -0.860. The predicted molar refractivity (Wildman–Crippen MR) is 70.4 cm³/mol. The molecule has 1 N–H and O–H groups in total. The number of nitrogens with one attached hydrogen (secondary N) is 1. The molecule has 0 bridgehead atoms. The molecule has 1 rings (SSSR count). The molecule has 0 aliphatic heterocycles. The number of hydrogen-bond donors (Lipinski definition) is 1. The van der Waals surface area contributed by atoms with Gasteiger partial charge in [0.05, 0.1) is 0 Å². The lowest BCUT2D eigenvalue weighted by Crippen LogP contribution is -2.24. The van der Waals surface area contributed by atoms with Crippen LogP contribution in [-0.2, 0) is 13.1 Å². The van der Waals surface area contributed by atoms with Crippen LogP contribution < -0.4 is 5.32 Å². The minimum Gasteiger partial charge on any atom is -0.310 e. The second-order valence-corrected chi connectivity index (χ2v) is 4.63. The molecule has 0 atom stereocenters. The Balaban J connectivity index is 2.67. The van der Waals surface area contributed by atoms with Crippen LogP contribution in [0.5, 0.6) is 0 Å². The van der Waals surface area contributed by atoms with Gasteiger partial charge in [0.25, 0.3) is 0 Å². The molecule has 0 aliphatic carbocycles. The topological polar surface area (TPSA) is 15.3 Å². The van der Waals surface area contributed by atoms with Crippen LogP contribution >= 0.6 is 0 Å². The fraction of sp³-hybridized carbons (Fsp3) is 0.571. The predicted octanol–water partition coefficient (Wildman–Crippen LogP) is 2.64. The maximum atomic E-state index is 3.47. The maximum absolute atomic E-state index is 3.47. The van der Waals surface area contributed by atoms with Crippen LogP contribution in [0, 0.1) is 0 Å². The normalized spacial score (nSPS) is 11.4. The van der Waals surface area contributed by atoms with Gasteiger partial charge in [-0.15, -0.1) is 0 Å². The summed E-state index contributed by atoms with van der Waals surface area (Å²) in [5, 5.41) is 3.47. The SMILES string of the molecule is CCN(C)Cc1ccccc1CNC(C)C. The summed E-state index contributed by atoms with van der Waals surface area (Å²) in [6, 6.07) is 9.22. The first-order chi connectivity index (χ1) is 7.63. The summed E-state index contributed by atoms with van der Waals surface area (Å²) in [5.41, 5.74) is 2.84. The highest BCUT2D eigenvalue weighted by Crippen LogP contribution is 2.11. The van der Waals surface area contributed by atoms with Crippen molar-refractivity contribution in [1.82, 2.24) is 10.2 Å². The molecule has 0 unspecified atom stereocenters. The Labute approximate surface area is 99.7 Å². The molecule has 2 nitrogen and oxygen atoms in total. The summed E-state index contributed by atoms with van der Waals surface area (Å²) in [4.78, 5) is 2.33. The Morgan fingerprint density at radius 3 is 2.38 bits per heavy atom. The average molecular weight is 220 g/mol. The van der Waals surface area contributed by atoms with Gasteiger partial charge in [-0.3, -0.25) is 0 Å². The number of benzene rings is 1. The highest BCUT2D eigenvalue weighted by atomic mass is 15.1. The van der Waals surface area contributed by atoms with E-state index in [1.165, 1.54) is 11.1 Å². The molecule has 0 saturated heterocycles. The molecular formula is C14H24N2. The van der Waals surface area contributed by atoms with Crippen molar-refractivity contribution in [1.29, 1.82) is 0 Å². The van der Waals surface area contributed by atoms with Crippen molar-refractivity contribution in [2.75, 3.05) is 13.6 Å². The van der Waals surface area contributed by atoms with Gasteiger partial charge in [-0.1, -0.05) is 45.0 Å². The standard InChI is InChI=1S/C14H24N2/c1-5-16(4)11-14-9-7-6-8-13(14)10-15-12(2)3/h6-9,12,15H,5,10-11H2,1-4H3. The summed E-state index contributed by atoms with van der Waals surface area (Å²) in [6.07, 6.45) is 0. The van der Waals surface area contributed by atoms with Gasteiger partial charge in [-0.05, 0) is 24.7 Å². The van der Waals surface area contributed by atoms with Crippen LogP contribution in [-0.4, -0.2) is 24.5 Å². The summed E-state index contributed by atoms with van der Waals surface area (Å²) >= 11 is 0. The van der Waals surface area contributed by atoms with Crippen LogP contribution in [0.15, 0.2) is 24.3 Å². The lowest BCUT2D eigenvalue weighted by Gasteiger charge is -2.17. The van der Waals surface area contributed by atoms with Crippen molar-refractivity contribution in [3.8, 4) is 0 Å². The third-order valence-corrected chi connectivity index (χ3v) is 2.80. The van der Waals surface area contributed by atoms with Gasteiger partial charge >= 0.3 is 0 Å². The third-order valence-electron chi connectivity index (χ3n) is 2.80. The van der Waals surface area contributed by atoms with Gasteiger partial charge in [0.1, 0.15) is 0 Å². The van der Waals surface area contributed by atoms with Crippen LogP contribution in [0.3, 0.4) is 0 Å². The first kappa shape index (κ1) is 13.2. The zero-order chi connectivity index (χ0) is 12.0. The lowest BCUT2D eigenvalue weighted by molar-refractivity contribution is 0.344. The molecule has 2 heteroatoms. The van der Waals surface area contributed by atoms with Crippen LogP contribution in [0.1, 0.15) is 31.9 Å². The Morgan fingerprint density at radius 1 is 1.19 bits per heavy atom. The van der Waals surface area contributed by atoms with E-state index < -0.39 is 0 Å². The Morgan fingerprint density at radius 2 is 1.81 bits per heavy atom. The van der Waals surface area contributed by atoms with E-state index in [4.69, 9.17) is 0 Å². The molecule has 0 aliphatic rings. The molecular weight excluding hydrogens is 196 g/mol. The summed E-state index contributed by atoms with van der Waals surface area (Å²) in [5.74, 6) is 0. The van der Waals surface area contributed by atoms with E-state index in [0.717, 1.165) is 19.6 Å². The minimum atomic E-state index is 0.539. The van der Waals surface area contributed by atoms with E-state index in [-0.39, 0.29) is 0 Å². The van der Waals surface area contributed by atoms with E-state index in [2.05, 4.69) is 62.3 Å². The monoisotopic (exact) mass is 220 g/mol. The second-order valence-electron chi connectivity index (χ2n) is 4.63. The highest BCUT2D eigenvalue weighted by molar-refractivity contribution is 5.26. The molecule has 0 amide bonds. The lowest BCUT2D eigenvalue weighted by atomic mass is 10.1. The van der Waals surface area contributed by atoms with E-state index in [1.807, 2.05) is 0 Å². The van der Waals surface area contributed by atoms with Gasteiger partial charge in [0.15, 0.2) is 0 Å². The Kier molecular flexibility index (Phi) is 5.50. The molecule has 0 saturated carbocycles. The largest absolute Gasteiger partial charge is 0.310 e. The molecule has 90 valence electrons. The van der Waals surface area contributed by atoms with Crippen molar-refractivity contribution in [2.45, 2.75) is 39.9 Å². The van der Waals surface area contributed by atoms with Gasteiger partial charge in [0.2, 0.25) is 0 Å². The summed E-state index contributed by atoms with van der Waals surface area (Å²) < 4.78 is 0. The first-order valence-electron chi connectivity index (χ1n) is 6.12. The van der Waals surface area contributed by atoms with Crippen LogP contribution in [0.2, 0.25) is 0 Å². The van der Waals surface area contributed by atoms with Crippen molar-refractivity contribution < 1.29 is 0 Å². The molecule has 1 aromatic carbocycles. The number of hydrogen-bond acceptors (Lipinski definition) is 2. The molecule has 0 radical (unpaired) electrons. The molecule has 0 heterocycles. The smallest absolute Gasteiger partial charge is 0.0233 e. The second kappa shape index (κ2) is 6.66. The van der Waals surface area contributed by atoms with Crippen molar-refractivity contribution in [3.63, 3.8) is 0 Å². The molecule has 0 fully saturated rings. The zero-order valence-electron chi connectivity index (χ0n) is 11.0. The number of rotatable bonds is 6. The summed E-state index contributed by atoms with van der Waals surface area (Å²) in [6.45, 7) is 9.64. The summed E-state index contributed by atoms with van der Waals surface area (Å²) in [7, 11) is 2.16. The molecule has 16 heavy (non-hydrogen) atoms. The van der Waals surface area contributed by atoms with Gasteiger partial charge < -0.3 is 10.2 Å². The Bertz CT molecular complexity index is 307. The maximum Gasteiger partial charge on any atom is 0.0233 e. The fourth-order valence-electron chi connectivity index (χ4n) is 1.60. The number of nitrogens with zero attached hydrogens (tertiary/aromatic N) is 1. The highest BCUT2D eigenvalue weighted by Gasteiger charge is 2.04. The van der Waals surface area contributed by atoms with E-state index in [9.17, 15) is 0 Å². The van der Waals surface area contributed by atoms with Crippen LogP contribution in [0.4, 0.5) is 0 Å². The molecule has 0 spiro atoms.